The van der Waals surface area contributed by atoms with Crippen molar-refractivity contribution in [2.24, 2.45) is 0 Å². The molecule has 0 aliphatic rings. The van der Waals surface area contributed by atoms with E-state index < -0.39 is 10.0 Å². The molecule has 1 rings (SSSR count). The molecular formula is C13H22N2O5S. The molecule has 0 aliphatic heterocycles. The first kappa shape index (κ1) is 17.7. The largest absolute Gasteiger partial charge is 0.490 e. The highest BCUT2D eigenvalue weighted by Gasteiger charge is 2.21. The summed E-state index contributed by atoms with van der Waals surface area (Å²) in [6.07, 6.45) is 0. The van der Waals surface area contributed by atoms with Crippen LogP contribution in [0.2, 0.25) is 0 Å². The number of hydrogen-bond donors (Lipinski definition) is 2. The Balaban J connectivity index is 2.56. The summed E-state index contributed by atoms with van der Waals surface area (Å²) in [6.45, 7) is 0.263. The number of aliphatic hydroxyl groups excluding tert-OH is 1. The molecule has 1 aromatic rings. The van der Waals surface area contributed by atoms with Crippen molar-refractivity contribution in [3.05, 3.63) is 24.3 Å². The van der Waals surface area contributed by atoms with Gasteiger partial charge in [0, 0.05) is 20.2 Å². The molecule has 0 amide bonds. The Morgan fingerprint density at radius 1 is 1.24 bits per heavy atom. The average Bonchev–Trinajstić information content (AvgIpc) is 2.45. The van der Waals surface area contributed by atoms with Gasteiger partial charge in [-0.25, -0.2) is 8.42 Å². The topological polar surface area (TPSA) is 102 Å². The second-order valence-corrected chi connectivity index (χ2v) is 6.41. The Morgan fingerprint density at radius 3 is 2.57 bits per heavy atom. The standard InChI is InChI=1S/C13H22N2O5S/c1-19-9-7-15(6-8-16)21(17,18)11-10-20-13-5-3-2-4-12(13)14/h2-5,16H,6-11,14H2,1H3. The first-order chi connectivity index (χ1) is 10.0. The molecule has 0 aromatic heterocycles. The lowest BCUT2D eigenvalue weighted by molar-refractivity contribution is 0.168. The van der Waals surface area contributed by atoms with Gasteiger partial charge in [-0.3, -0.25) is 0 Å². The van der Waals surface area contributed by atoms with E-state index in [-0.39, 0.29) is 38.7 Å². The predicted octanol–water partition coefficient (Wildman–Crippen LogP) is -0.0819. The van der Waals surface area contributed by atoms with E-state index in [0.717, 1.165) is 0 Å². The third-order valence-corrected chi connectivity index (χ3v) is 4.64. The molecule has 8 heteroatoms. The molecule has 0 aliphatic carbocycles. The molecule has 0 atom stereocenters. The number of nitrogen functional groups attached to an aromatic ring is 1. The van der Waals surface area contributed by atoms with E-state index in [2.05, 4.69) is 0 Å². The number of aliphatic hydroxyl groups is 1. The SMILES string of the molecule is COCCN(CCO)S(=O)(=O)CCOc1ccccc1N. The molecule has 7 nitrogen and oxygen atoms in total. The summed E-state index contributed by atoms with van der Waals surface area (Å²) in [6, 6.07) is 6.89. The molecular weight excluding hydrogens is 296 g/mol. The predicted molar refractivity (Wildman–Crippen MR) is 80.7 cm³/mol. The summed E-state index contributed by atoms with van der Waals surface area (Å²) in [5.74, 6) is 0.267. The van der Waals surface area contributed by atoms with E-state index in [0.29, 0.717) is 11.4 Å². The number of ether oxygens (including phenoxy) is 2. The van der Waals surface area contributed by atoms with Gasteiger partial charge >= 0.3 is 0 Å². The van der Waals surface area contributed by atoms with Gasteiger partial charge in [-0.05, 0) is 12.1 Å². The van der Waals surface area contributed by atoms with E-state index in [1.807, 2.05) is 0 Å². The van der Waals surface area contributed by atoms with Gasteiger partial charge in [-0.2, -0.15) is 4.31 Å². The lowest BCUT2D eigenvalue weighted by Crippen LogP contribution is -2.38. The number of methoxy groups -OCH3 is 1. The zero-order valence-corrected chi connectivity index (χ0v) is 12.9. The molecule has 0 spiro atoms. The van der Waals surface area contributed by atoms with Crippen LogP contribution in [0, 0.1) is 0 Å². The van der Waals surface area contributed by atoms with Crippen molar-refractivity contribution in [2.75, 3.05) is 51.5 Å². The fourth-order valence-electron chi connectivity index (χ4n) is 1.69. The van der Waals surface area contributed by atoms with Gasteiger partial charge in [0.2, 0.25) is 10.0 Å². The highest BCUT2D eigenvalue weighted by atomic mass is 32.2. The van der Waals surface area contributed by atoms with Gasteiger partial charge in [0.1, 0.15) is 12.4 Å². The van der Waals surface area contributed by atoms with Crippen LogP contribution in [-0.4, -0.2) is 63.6 Å². The number of nitrogens with zero attached hydrogens (tertiary/aromatic N) is 1. The molecule has 3 N–H and O–H groups in total. The summed E-state index contributed by atoms with van der Waals surface area (Å²) < 4.78 is 35.7. The number of para-hydroxylation sites is 2. The number of sulfonamides is 1. The molecule has 0 heterocycles. The number of nitrogens with two attached hydrogens (primary N) is 1. The van der Waals surface area contributed by atoms with Gasteiger partial charge < -0.3 is 20.3 Å². The molecule has 0 saturated carbocycles. The maximum Gasteiger partial charge on any atom is 0.217 e. The van der Waals surface area contributed by atoms with Crippen LogP contribution in [0.5, 0.6) is 5.75 Å². The lowest BCUT2D eigenvalue weighted by atomic mass is 10.3. The maximum absolute atomic E-state index is 12.1. The lowest BCUT2D eigenvalue weighted by Gasteiger charge is -2.21. The fourth-order valence-corrected chi connectivity index (χ4v) is 2.96. The van der Waals surface area contributed by atoms with Crippen LogP contribution in [0.15, 0.2) is 24.3 Å². The summed E-state index contributed by atoms with van der Waals surface area (Å²) in [4.78, 5) is 0. The second kappa shape index (κ2) is 8.83. The van der Waals surface area contributed by atoms with Gasteiger partial charge in [0.25, 0.3) is 0 Å². The fraction of sp³-hybridized carbons (Fsp3) is 0.538. The molecule has 120 valence electrons. The van der Waals surface area contributed by atoms with E-state index in [1.165, 1.54) is 11.4 Å². The summed E-state index contributed by atoms with van der Waals surface area (Å²) in [5.41, 5.74) is 6.17. The van der Waals surface area contributed by atoms with E-state index in [4.69, 9.17) is 20.3 Å². The quantitative estimate of drug-likeness (QED) is 0.585. The summed E-state index contributed by atoms with van der Waals surface area (Å²) in [5, 5.41) is 8.94. The Morgan fingerprint density at radius 2 is 1.95 bits per heavy atom. The molecule has 21 heavy (non-hydrogen) atoms. The van der Waals surface area contributed by atoms with Crippen molar-refractivity contribution in [2.45, 2.75) is 0 Å². The Bertz CT molecular complexity index is 521. The van der Waals surface area contributed by atoms with Gasteiger partial charge in [0.15, 0.2) is 0 Å². The zero-order chi connectivity index (χ0) is 15.7. The zero-order valence-electron chi connectivity index (χ0n) is 12.1. The summed E-state index contributed by atoms with van der Waals surface area (Å²) in [7, 11) is -2.02. The first-order valence-corrected chi connectivity index (χ1v) is 8.17. The van der Waals surface area contributed by atoms with Crippen LogP contribution in [0.25, 0.3) is 0 Å². The van der Waals surface area contributed by atoms with Gasteiger partial charge in [-0.15, -0.1) is 0 Å². The number of benzene rings is 1. The number of rotatable bonds is 10. The van der Waals surface area contributed by atoms with Crippen LogP contribution in [0.4, 0.5) is 5.69 Å². The van der Waals surface area contributed by atoms with Crippen molar-refractivity contribution in [1.82, 2.24) is 4.31 Å². The van der Waals surface area contributed by atoms with E-state index >= 15 is 0 Å². The van der Waals surface area contributed by atoms with Crippen LogP contribution in [0.1, 0.15) is 0 Å². The van der Waals surface area contributed by atoms with Crippen molar-refractivity contribution in [3.63, 3.8) is 0 Å². The smallest absolute Gasteiger partial charge is 0.217 e. The molecule has 0 fully saturated rings. The van der Waals surface area contributed by atoms with E-state index in [1.54, 1.807) is 24.3 Å². The Labute approximate surface area is 125 Å². The van der Waals surface area contributed by atoms with Crippen LogP contribution < -0.4 is 10.5 Å². The average molecular weight is 318 g/mol. The normalized spacial score (nSPS) is 11.8. The molecule has 0 unspecified atom stereocenters. The minimum Gasteiger partial charge on any atom is -0.490 e. The highest BCUT2D eigenvalue weighted by Crippen LogP contribution is 2.19. The Hall–Kier alpha value is -1.35. The van der Waals surface area contributed by atoms with Gasteiger partial charge in [-0.1, -0.05) is 12.1 Å². The van der Waals surface area contributed by atoms with Crippen molar-refractivity contribution in [3.8, 4) is 5.75 Å². The van der Waals surface area contributed by atoms with Crippen LogP contribution >= 0.6 is 0 Å². The van der Waals surface area contributed by atoms with Crippen LogP contribution in [0.3, 0.4) is 0 Å². The number of anilines is 1. The van der Waals surface area contributed by atoms with E-state index in [9.17, 15) is 8.42 Å². The third kappa shape index (κ3) is 5.88. The molecule has 0 saturated heterocycles. The molecule has 1 aromatic carbocycles. The minimum absolute atomic E-state index is 0.00847. The number of hydrogen-bond acceptors (Lipinski definition) is 6. The summed E-state index contributed by atoms with van der Waals surface area (Å²) >= 11 is 0. The molecule has 0 bridgehead atoms. The van der Waals surface area contributed by atoms with Crippen molar-refractivity contribution < 1.29 is 23.0 Å². The second-order valence-electron chi connectivity index (χ2n) is 4.32. The Kier molecular flexibility index (Phi) is 7.44. The monoisotopic (exact) mass is 318 g/mol. The van der Waals surface area contributed by atoms with Crippen molar-refractivity contribution >= 4 is 15.7 Å². The van der Waals surface area contributed by atoms with Crippen LogP contribution in [-0.2, 0) is 14.8 Å². The maximum atomic E-state index is 12.1. The van der Waals surface area contributed by atoms with Gasteiger partial charge in [0.05, 0.1) is 24.7 Å². The third-order valence-electron chi connectivity index (χ3n) is 2.81. The highest BCUT2D eigenvalue weighted by molar-refractivity contribution is 7.89. The minimum atomic E-state index is -3.51. The first-order valence-electron chi connectivity index (χ1n) is 6.56. The van der Waals surface area contributed by atoms with Crippen molar-refractivity contribution in [1.29, 1.82) is 0 Å². The molecule has 0 radical (unpaired) electrons.